The summed E-state index contributed by atoms with van der Waals surface area (Å²) in [6.07, 6.45) is 4.23. The maximum atomic E-state index is 12.4. The van der Waals surface area contributed by atoms with E-state index in [9.17, 15) is 9.59 Å². The van der Waals surface area contributed by atoms with Crippen molar-refractivity contribution in [3.05, 3.63) is 5.89 Å². The number of nitrogens with two attached hydrogens (primary N) is 1. The van der Waals surface area contributed by atoms with Crippen molar-refractivity contribution in [2.24, 2.45) is 5.73 Å². The number of amides is 2. The smallest absolute Gasteiger partial charge is 0.277 e. The van der Waals surface area contributed by atoms with Crippen molar-refractivity contribution in [2.75, 3.05) is 0 Å². The van der Waals surface area contributed by atoms with Gasteiger partial charge in [-0.15, -0.1) is 10.2 Å². The predicted molar refractivity (Wildman–Crippen MR) is 70.6 cm³/mol. The SMILES string of the molecule is NCc1nnc(SC2CC(=O)N(C3CCCC3)C2=O)o1. The Kier molecular flexibility index (Phi) is 3.75. The van der Waals surface area contributed by atoms with Gasteiger partial charge in [-0.25, -0.2) is 0 Å². The van der Waals surface area contributed by atoms with Gasteiger partial charge in [0, 0.05) is 12.5 Å². The first-order chi connectivity index (χ1) is 9.69. The van der Waals surface area contributed by atoms with Gasteiger partial charge in [0.05, 0.1) is 6.54 Å². The molecule has 7 nitrogen and oxygen atoms in total. The van der Waals surface area contributed by atoms with Crippen LogP contribution in [0.3, 0.4) is 0 Å². The van der Waals surface area contributed by atoms with Crippen molar-refractivity contribution < 1.29 is 14.0 Å². The lowest BCUT2D eigenvalue weighted by Gasteiger charge is -2.21. The summed E-state index contributed by atoms with van der Waals surface area (Å²) >= 11 is 1.15. The molecule has 0 bridgehead atoms. The van der Waals surface area contributed by atoms with E-state index in [0.717, 1.165) is 37.4 Å². The maximum Gasteiger partial charge on any atom is 0.277 e. The second-order valence-electron chi connectivity index (χ2n) is 5.02. The lowest BCUT2D eigenvalue weighted by atomic mass is 10.2. The Bertz CT molecular complexity index is 527. The zero-order chi connectivity index (χ0) is 14.1. The van der Waals surface area contributed by atoms with Crippen LogP contribution in [-0.2, 0) is 16.1 Å². The largest absolute Gasteiger partial charge is 0.415 e. The minimum atomic E-state index is -0.450. The fourth-order valence-corrected chi connectivity index (χ4v) is 3.67. The van der Waals surface area contributed by atoms with Crippen LogP contribution in [-0.4, -0.2) is 38.2 Å². The van der Waals surface area contributed by atoms with Gasteiger partial charge in [-0.3, -0.25) is 14.5 Å². The Morgan fingerprint density at radius 3 is 2.70 bits per heavy atom. The molecule has 1 unspecified atom stereocenters. The summed E-state index contributed by atoms with van der Waals surface area (Å²) in [4.78, 5) is 25.8. The summed E-state index contributed by atoms with van der Waals surface area (Å²) in [5.41, 5.74) is 5.39. The highest BCUT2D eigenvalue weighted by molar-refractivity contribution is 8.00. The summed E-state index contributed by atoms with van der Waals surface area (Å²) in [5.74, 6) is 0.120. The third kappa shape index (κ3) is 2.45. The van der Waals surface area contributed by atoms with Gasteiger partial charge in [-0.05, 0) is 12.8 Å². The number of thioether (sulfide) groups is 1. The van der Waals surface area contributed by atoms with Gasteiger partial charge in [0.1, 0.15) is 5.25 Å². The first-order valence-electron chi connectivity index (χ1n) is 6.74. The fraction of sp³-hybridized carbons (Fsp3) is 0.667. The second-order valence-corrected chi connectivity index (χ2v) is 6.17. The van der Waals surface area contributed by atoms with Crippen molar-refractivity contribution in [1.29, 1.82) is 0 Å². The van der Waals surface area contributed by atoms with E-state index in [1.807, 2.05) is 0 Å². The number of likely N-dealkylation sites (tertiary alicyclic amines) is 1. The van der Waals surface area contributed by atoms with E-state index in [1.165, 1.54) is 4.90 Å². The standard InChI is InChI=1S/C12H16N4O3S/c13-6-9-14-15-12(19-9)20-8-5-10(17)16(11(8)18)7-3-1-2-4-7/h7-8H,1-6,13H2. The van der Waals surface area contributed by atoms with E-state index < -0.39 is 5.25 Å². The molecule has 0 aromatic carbocycles. The molecule has 1 aliphatic heterocycles. The van der Waals surface area contributed by atoms with Crippen LogP contribution in [0, 0.1) is 0 Å². The Labute approximate surface area is 120 Å². The highest BCUT2D eigenvalue weighted by Crippen LogP contribution is 2.34. The highest BCUT2D eigenvalue weighted by atomic mass is 32.2. The zero-order valence-corrected chi connectivity index (χ0v) is 11.8. The van der Waals surface area contributed by atoms with Crippen molar-refractivity contribution >= 4 is 23.6 Å². The van der Waals surface area contributed by atoms with E-state index >= 15 is 0 Å². The van der Waals surface area contributed by atoms with Crippen molar-refractivity contribution in [3.63, 3.8) is 0 Å². The maximum absolute atomic E-state index is 12.4. The molecule has 2 N–H and O–H groups in total. The normalized spacial score (nSPS) is 24.1. The Morgan fingerprint density at radius 1 is 1.30 bits per heavy atom. The van der Waals surface area contributed by atoms with Crippen molar-refractivity contribution in [3.8, 4) is 0 Å². The molecule has 1 aromatic rings. The summed E-state index contributed by atoms with van der Waals surface area (Å²) < 4.78 is 5.27. The number of rotatable bonds is 4. The third-order valence-electron chi connectivity index (χ3n) is 3.70. The van der Waals surface area contributed by atoms with Crippen LogP contribution < -0.4 is 5.73 Å². The Balaban J connectivity index is 1.69. The van der Waals surface area contributed by atoms with Gasteiger partial charge in [-0.2, -0.15) is 0 Å². The summed E-state index contributed by atoms with van der Waals surface area (Å²) in [6, 6.07) is 0.0860. The molecule has 2 heterocycles. The monoisotopic (exact) mass is 296 g/mol. The average Bonchev–Trinajstić information content (AvgIpc) is 3.13. The van der Waals surface area contributed by atoms with Gasteiger partial charge < -0.3 is 10.2 Å². The van der Waals surface area contributed by atoms with E-state index in [4.69, 9.17) is 10.2 Å². The van der Waals surface area contributed by atoms with Gasteiger partial charge in [0.2, 0.25) is 17.7 Å². The van der Waals surface area contributed by atoms with E-state index in [-0.39, 0.29) is 30.8 Å². The van der Waals surface area contributed by atoms with Crippen LogP contribution in [0.4, 0.5) is 0 Å². The predicted octanol–water partition coefficient (Wildman–Crippen LogP) is 0.690. The number of hydrogen-bond donors (Lipinski definition) is 1. The molecule has 1 aliphatic carbocycles. The first-order valence-corrected chi connectivity index (χ1v) is 7.62. The minimum Gasteiger partial charge on any atom is -0.415 e. The molecule has 20 heavy (non-hydrogen) atoms. The van der Waals surface area contributed by atoms with Crippen LogP contribution in [0.25, 0.3) is 0 Å². The van der Waals surface area contributed by atoms with Crippen molar-refractivity contribution in [2.45, 2.75) is 55.2 Å². The lowest BCUT2D eigenvalue weighted by molar-refractivity contribution is -0.140. The highest BCUT2D eigenvalue weighted by Gasteiger charge is 2.44. The molecule has 1 atom stereocenters. The van der Waals surface area contributed by atoms with Crippen LogP contribution in [0.15, 0.2) is 9.64 Å². The van der Waals surface area contributed by atoms with Crippen molar-refractivity contribution in [1.82, 2.24) is 15.1 Å². The number of aromatic nitrogens is 2. The molecule has 0 radical (unpaired) electrons. The molecule has 2 amide bonds. The van der Waals surface area contributed by atoms with Gasteiger partial charge in [0.15, 0.2) is 0 Å². The van der Waals surface area contributed by atoms with E-state index in [0.29, 0.717) is 11.1 Å². The molecular formula is C12H16N4O3S. The van der Waals surface area contributed by atoms with Crippen LogP contribution in [0.2, 0.25) is 0 Å². The van der Waals surface area contributed by atoms with Crippen LogP contribution in [0.5, 0.6) is 0 Å². The van der Waals surface area contributed by atoms with Gasteiger partial charge in [-0.1, -0.05) is 24.6 Å². The molecule has 2 fully saturated rings. The number of imide groups is 1. The minimum absolute atomic E-state index is 0.0852. The molecule has 0 spiro atoms. The summed E-state index contributed by atoms with van der Waals surface area (Å²) in [5, 5.41) is 7.41. The number of carbonyl (C=O) groups is 2. The molecule has 8 heteroatoms. The van der Waals surface area contributed by atoms with Gasteiger partial charge in [0.25, 0.3) is 5.22 Å². The fourth-order valence-electron chi connectivity index (χ4n) is 2.75. The zero-order valence-electron chi connectivity index (χ0n) is 10.9. The quantitative estimate of drug-likeness (QED) is 0.815. The third-order valence-corrected chi connectivity index (χ3v) is 4.72. The first kappa shape index (κ1) is 13.6. The molecule has 1 saturated heterocycles. The van der Waals surface area contributed by atoms with E-state index in [1.54, 1.807) is 0 Å². The molecule has 1 aromatic heterocycles. The summed E-state index contributed by atoms with van der Waals surface area (Å²) in [6.45, 7) is 0.166. The van der Waals surface area contributed by atoms with Crippen LogP contribution in [0.1, 0.15) is 38.0 Å². The number of carbonyl (C=O) groups excluding carboxylic acids is 2. The lowest BCUT2D eigenvalue weighted by Crippen LogP contribution is -2.39. The summed E-state index contributed by atoms with van der Waals surface area (Å²) in [7, 11) is 0. The van der Waals surface area contributed by atoms with Gasteiger partial charge >= 0.3 is 0 Å². The average molecular weight is 296 g/mol. The Hall–Kier alpha value is -1.41. The molecule has 1 saturated carbocycles. The molecule has 3 rings (SSSR count). The Morgan fingerprint density at radius 2 is 2.05 bits per heavy atom. The topological polar surface area (TPSA) is 102 Å². The molecule has 2 aliphatic rings. The molecular weight excluding hydrogens is 280 g/mol. The number of hydrogen-bond acceptors (Lipinski definition) is 7. The number of nitrogens with zero attached hydrogens (tertiary/aromatic N) is 3. The second kappa shape index (κ2) is 5.53. The molecule has 108 valence electrons. The van der Waals surface area contributed by atoms with E-state index in [2.05, 4.69) is 10.2 Å². The van der Waals surface area contributed by atoms with Crippen LogP contribution >= 0.6 is 11.8 Å².